The van der Waals surface area contributed by atoms with Gasteiger partial charge in [-0.05, 0) is 164 Å². The number of para-hydroxylation sites is 2. The number of aliphatic imine (C=N–C) groups is 1. The van der Waals surface area contributed by atoms with Crippen LogP contribution in [0.5, 0.6) is 0 Å². The molecule has 2 aromatic heterocycles. The van der Waals surface area contributed by atoms with Gasteiger partial charge in [0.05, 0.1) is 27.6 Å². The molecule has 15 aromatic rings. The van der Waals surface area contributed by atoms with E-state index in [1.165, 1.54) is 89.0 Å². The topological polar surface area (TPSA) is 64.2 Å². The maximum absolute atomic E-state index is 7.57. The van der Waals surface area contributed by atoms with Crippen LogP contribution in [0.4, 0.5) is 5.69 Å². The molecule has 1 unspecified atom stereocenters. The number of hydrogen-bond acceptors (Lipinski definition) is 3. The number of pyridine rings is 2. The monoisotopic (exact) mass is 1180 g/mol. The molecule has 2 heterocycles. The van der Waals surface area contributed by atoms with Gasteiger partial charge in [-0.3, -0.25) is 9.97 Å². The second kappa shape index (κ2) is 20.3. The number of aromatic nitrogens is 2. The Hall–Kier alpha value is -11.9. The summed E-state index contributed by atoms with van der Waals surface area (Å²) in [7, 11) is 0. The van der Waals surface area contributed by atoms with Gasteiger partial charge in [-0.15, -0.1) is 0 Å². The highest BCUT2D eigenvalue weighted by atomic mass is 14.9. The highest BCUT2D eigenvalue weighted by Crippen LogP contribution is 2.65. The van der Waals surface area contributed by atoms with Crippen molar-refractivity contribution in [1.29, 1.82) is 0 Å². The zero-order valence-corrected chi connectivity index (χ0v) is 51.0. The standard InChI is InChI=1S/C89H58N4/c1-54(55-36-38-56(39-37-55)64-28-14-18-58-20-16-48-91-84(58)64)74-50-63(61-44-46-72-70-26-6-12-34-80(70)88(82(72)52-61)76-30-8-2-22-66(76)67-23-3-9-31-77(67)88)51-75(86(74)93-87(90)60-42-40-57(41-43-60)65-29-15-19-59-21-17-49-92-85(59)65)62-45-47-73-71-27-7-13-35-81(71)89(83(73)53-62)78-32-10-4-24-68(78)69-25-5-11-33-79(69)89/h2-54H,1H3,(H2,90,93). The molecule has 2 N–H and O–H groups in total. The predicted octanol–water partition coefficient (Wildman–Crippen LogP) is 21.3. The van der Waals surface area contributed by atoms with Gasteiger partial charge in [0.25, 0.3) is 0 Å². The summed E-state index contributed by atoms with van der Waals surface area (Å²) in [5.41, 5.74) is 41.5. The van der Waals surface area contributed by atoms with Gasteiger partial charge in [0, 0.05) is 51.3 Å². The van der Waals surface area contributed by atoms with E-state index in [9.17, 15) is 0 Å². The van der Waals surface area contributed by atoms with Gasteiger partial charge in [-0.25, -0.2) is 4.99 Å². The van der Waals surface area contributed by atoms with E-state index in [1.807, 2.05) is 24.5 Å². The SMILES string of the molecule is CC(c1ccc(-c2cccc3cccnc23)cc1)c1cc(-c2ccc3c(c2)C2(c4ccccc4-c4ccccc42)c2ccccc2-3)cc(-c2ccc3c(c2)C2(c4ccccc4-c4ccccc42)c2ccccc2-3)c1/N=C(\N)c1ccc(-c2cccc3cccnc23)cc1. The zero-order chi connectivity index (χ0) is 61.5. The lowest BCUT2D eigenvalue weighted by Crippen LogP contribution is -2.25. The third kappa shape index (κ3) is 7.58. The number of benzene rings is 13. The first-order chi connectivity index (χ1) is 45.9. The summed E-state index contributed by atoms with van der Waals surface area (Å²) in [6.07, 6.45) is 3.75. The van der Waals surface area contributed by atoms with Crippen molar-refractivity contribution in [2.45, 2.75) is 23.7 Å². The summed E-state index contributed by atoms with van der Waals surface area (Å²) in [6.45, 7) is 2.33. The van der Waals surface area contributed by atoms with E-state index in [0.717, 1.165) is 88.7 Å². The molecule has 1 atom stereocenters. The summed E-state index contributed by atoms with van der Waals surface area (Å²) in [6, 6.07) is 112. The second-order valence-electron chi connectivity index (χ2n) is 25.4. The van der Waals surface area contributed by atoms with Gasteiger partial charge in [-0.2, -0.15) is 0 Å². The van der Waals surface area contributed by atoms with E-state index in [-0.39, 0.29) is 5.92 Å². The first-order valence-electron chi connectivity index (χ1n) is 32.2. The number of fused-ring (bicyclic) bond motifs is 22. The first-order valence-corrected chi connectivity index (χ1v) is 32.2. The summed E-state index contributed by atoms with van der Waals surface area (Å²) in [4.78, 5) is 15.5. The lowest BCUT2D eigenvalue weighted by Gasteiger charge is -2.31. The molecule has 434 valence electrons. The minimum atomic E-state index is -0.564. The molecule has 0 bridgehead atoms. The number of nitrogens with zero attached hydrogens (tertiary/aromatic N) is 3. The van der Waals surface area contributed by atoms with Crippen molar-refractivity contribution in [3.05, 3.63) is 377 Å². The normalized spacial score (nSPS) is 14.1. The summed E-state index contributed by atoms with van der Waals surface area (Å²) in [5, 5.41) is 2.21. The number of amidine groups is 1. The molecular formula is C89H58N4. The van der Waals surface area contributed by atoms with E-state index in [1.54, 1.807) is 0 Å². The van der Waals surface area contributed by atoms with E-state index in [0.29, 0.717) is 5.84 Å². The van der Waals surface area contributed by atoms with E-state index in [4.69, 9.17) is 20.7 Å². The molecule has 0 radical (unpaired) electrons. The average Bonchev–Trinajstić information content (AvgIpc) is 1.53. The molecular weight excluding hydrogens is 1130 g/mol. The summed E-state index contributed by atoms with van der Waals surface area (Å²) >= 11 is 0. The van der Waals surface area contributed by atoms with E-state index in [2.05, 4.69) is 298 Å². The van der Waals surface area contributed by atoms with Crippen LogP contribution in [0.1, 0.15) is 74.0 Å². The van der Waals surface area contributed by atoms with Crippen molar-refractivity contribution in [1.82, 2.24) is 9.97 Å². The number of nitrogens with two attached hydrogens (primary N) is 1. The van der Waals surface area contributed by atoms with Gasteiger partial charge in [0.2, 0.25) is 0 Å². The van der Waals surface area contributed by atoms with Gasteiger partial charge >= 0.3 is 0 Å². The van der Waals surface area contributed by atoms with Crippen LogP contribution < -0.4 is 5.73 Å². The molecule has 0 fully saturated rings. The number of rotatable bonds is 8. The molecule has 4 aliphatic carbocycles. The molecule has 13 aromatic carbocycles. The zero-order valence-electron chi connectivity index (χ0n) is 51.0. The van der Waals surface area contributed by atoms with Crippen molar-refractivity contribution in [2.24, 2.45) is 10.7 Å². The Balaban J connectivity index is 0.865. The van der Waals surface area contributed by atoms with Crippen LogP contribution in [0.3, 0.4) is 0 Å². The maximum atomic E-state index is 7.57. The second-order valence-corrected chi connectivity index (χ2v) is 25.4. The Bertz CT molecular complexity index is 5540. The summed E-state index contributed by atoms with van der Waals surface area (Å²) in [5.74, 6) is 0.270. The van der Waals surface area contributed by atoms with E-state index >= 15 is 0 Å². The van der Waals surface area contributed by atoms with Crippen molar-refractivity contribution in [2.75, 3.05) is 0 Å². The average molecular weight is 1180 g/mol. The third-order valence-electron chi connectivity index (χ3n) is 21.0. The Morgan fingerprint density at radius 2 is 0.677 bits per heavy atom. The largest absolute Gasteiger partial charge is 0.383 e. The molecule has 2 spiro atoms. The molecule has 0 saturated carbocycles. The number of hydrogen-bond donors (Lipinski definition) is 1. The molecule has 4 heteroatoms. The Labute approximate surface area is 540 Å². The fourth-order valence-electron chi connectivity index (χ4n) is 16.8. The van der Waals surface area contributed by atoms with Crippen LogP contribution in [0.25, 0.3) is 111 Å². The van der Waals surface area contributed by atoms with Crippen molar-refractivity contribution >= 4 is 33.3 Å². The molecule has 4 nitrogen and oxygen atoms in total. The van der Waals surface area contributed by atoms with Crippen LogP contribution in [0, 0.1) is 0 Å². The molecule has 19 rings (SSSR count). The fourth-order valence-corrected chi connectivity index (χ4v) is 16.8. The highest BCUT2D eigenvalue weighted by molar-refractivity contribution is 6.04. The molecule has 4 aliphatic rings. The minimum Gasteiger partial charge on any atom is -0.383 e. The molecule has 0 amide bonds. The van der Waals surface area contributed by atoms with Gasteiger partial charge in [0.15, 0.2) is 0 Å². The fraction of sp³-hybridized carbons (Fsp3) is 0.0449. The molecule has 0 aliphatic heterocycles. The van der Waals surface area contributed by atoms with Gasteiger partial charge in [-0.1, -0.05) is 274 Å². The lowest BCUT2D eigenvalue weighted by molar-refractivity contribution is 0.794. The first kappa shape index (κ1) is 53.0. The van der Waals surface area contributed by atoms with Gasteiger partial charge < -0.3 is 5.73 Å². The predicted molar refractivity (Wildman–Crippen MR) is 382 cm³/mol. The van der Waals surface area contributed by atoms with Gasteiger partial charge in [0.1, 0.15) is 5.84 Å². The Morgan fingerprint density at radius 1 is 0.312 bits per heavy atom. The van der Waals surface area contributed by atoms with Crippen LogP contribution in [0.2, 0.25) is 0 Å². The minimum absolute atomic E-state index is 0.159. The van der Waals surface area contributed by atoms with Crippen molar-refractivity contribution < 1.29 is 0 Å². The van der Waals surface area contributed by atoms with Crippen LogP contribution in [0.15, 0.2) is 321 Å². The van der Waals surface area contributed by atoms with Crippen molar-refractivity contribution in [3.63, 3.8) is 0 Å². The van der Waals surface area contributed by atoms with Crippen LogP contribution >= 0.6 is 0 Å². The van der Waals surface area contributed by atoms with Crippen LogP contribution in [-0.2, 0) is 10.8 Å². The quantitative estimate of drug-likeness (QED) is 0.122. The maximum Gasteiger partial charge on any atom is 0.131 e. The Kier molecular flexibility index (Phi) is 11.6. The summed E-state index contributed by atoms with van der Waals surface area (Å²) < 4.78 is 0. The van der Waals surface area contributed by atoms with Crippen molar-refractivity contribution in [3.8, 4) is 89.0 Å². The highest BCUT2D eigenvalue weighted by Gasteiger charge is 2.53. The molecule has 93 heavy (non-hydrogen) atoms. The van der Waals surface area contributed by atoms with E-state index < -0.39 is 10.8 Å². The Morgan fingerprint density at radius 3 is 1.13 bits per heavy atom. The smallest absolute Gasteiger partial charge is 0.131 e. The van der Waals surface area contributed by atoms with Crippen LogP contribution in [-0.4, -0.2) is 15.8 Å². The third-order valence-corrected chi connectivity index (χ3v) is 21.0. The molecule has 0 saturated heterocycles. The lowest BCUT2D eigenvalue weighted by atomic mass is 9.70.